The van der Waals surface area contributed by atoms with Crippen LogP contribution in [0, 0.1) is 19.8 Å². The molecule has 0 saturated carbocycles. The molecule has 0 amide bonds. The third-order valence-electron chi connectivity index (χ3n) is 3.03. The van der Waals surface area contributed by atoms with Crippen LogP contribution in [0.1, 0.15) is 35.6 Å². The third-order valence-corrected chi connectivity index (χ3v) is 4.18. The molecule has 1 rings (SSSR count). The van der Waals surface area contributed by atoms with Gasteiger partial charge >= 0.3 is 0 Å². The Hall–Kier alpha value is -0.380. The van der Waals surface area contributed by atoms with Crippen molar-refractivity contribution in [3.63, 3.8) is 0 Å². The molecule has 0 radical (unpaired) electrons. The summed E-state index contributed by atoms with van der Waals surface area (Å²) in [4.78, 5) is 2.85. The Morgan fingerprint density at radius 1 is 1.38 bits per heavy atom. The highest BCUT2D eigenvalue weighted by Crippen LogP contribution is 2.20. The molecule has 1 aromatic heterocycles. The predicted octanol–water partition coefficient (Wildman–Crippen LogP) is 2.83. The molecule has 0 aliphatic carbocycles. The molecular weight excluding hydrogens is 216 g/mol. The molecule has 0 bridgehead atoms. The van der Waals surface area contributed by atoms with Crippen LogP contribution >= 0.6 is 11.3 Å². The first kappa shape index (κ1) is 13.7. The minimum atomic E-state index is 0.319. The summed E-state index contributed by atoms with van der Waals surface area (Å²) in [6, 6.07) is 2.59. The van der Waals surface area contributed by atoms with Crippen LogP contribution < -0.4 is 11.1 Å². The normalized spacial score (nSPS) is 13.4. The minimum Gasteiger partial charge on any atom is -0.327 e. The van der Waals surface area contributed by atoms with Crippen molar-refractivity contribution < 1.29 is 0 Å². The summed E-state index contributed by atoms with van der Waals surface area (Å²) in [5, 5.41) is 3.46. The lowest BCUT2D eigenvalue weighted by Crippen LogP contribution is -2.30. The van der Waals surface area contributed by atoms with Gasteiger partial charge in [-0.1, -0.05) is 13.8 Å². The van der Waals surface area contributed by atoms with E-state index in [1.54, 1.807) is 0 Å². The maximum atomic E-state index is 5.99. The van der Waals surface area contributed by atoms with Crippen LogP contribution in [0.5, 0.6) is 0 Å². The van der Waals surface area contributed by atoms with Gasteiger partial charge in [0.15, 0.2) is 0 Å². The minimum absolute atomic E-state index is 0.319. The standard InChI is InChI=1S/C13H24N2S/c1-9(2)13(14)5-6-15-8-12-7-10(3)11(4)16-12/h7,9,13,15H,5-6,8,14H2,1-4H3. The van der Waals surface area contributed by atoms with Crippen molar-refractivity contribution in [2.75, 3.05) is 6.54 Å². The van der Waals surface area contributed by atoms with Gasteiger partial charge < -0.3 is 11.1 Å². The first-order valence-corrected chi connectivity index (χ1v) is 6.84. The van der Waals surface area contributed by atoms with Gasteiger partial charge in [0.2, 0.25) is 0 Å². The van der Waals surface area contributed by atoms with Crippen LogP contribution in [0.25, 0.3) is 0 Å². The fraction of sp³-hybridized carbons (Fsp3) is 0.692. The summed E-state index contributed by atoms with van der Waals surface area (Å²) in [5.41, 5.74) is 7.39. The van der Waals surface area contributed by atoms with Gasteiger partial charge in [-0.05, 0) is 44.4 Å². The summed E-state index contributed by atoms with van der Waals surface area (Å²) >= 11 is 1.89. The number of aryl methyl sites for hydroxylation is 2. The number of nitrogens with one attached hydrogen (secondary N) is 1. The van der Waals surface area contributed by atoms with E-state index in [1.807, 2.05) is 11.3 Å². The maximum Gasteiger partial charge on any atom is 0.0299 e. The molecule has 2 nitrogen and oxygen atoms in total. The Morgan fingerprint density at radius 2 is 2.06 bits per heavy atom. The zero-order valence-electron chi connectivity index (χ0n) is 10.8. The van der Waals surface area contributed by atoms with E-state index >= 15 is 0 Å². The monoisotopic (exact) mass is 240 g/mol. The average molecular weight is 240 g/mol. The Kier molecular flexibility index (Phi) is 5.46. The molecule has 1 atom stereocenters. The van der Waals surface area contributed by atoms with Gasteiger partial charge in [0.1, 0.15) is 0 Å². The second kappa shape index (κ2) is 6.38. The van der Waals surface area contributed by atoms with E-state index in [4.69, 9.17) is 5.73 Å². The molecule has 1 unspecified atom stereocenters. The lowest BCUT2D eigenvalue weighted by molar-refractivity contribution is 0.450. The summed E-state index contributed by atoms with van der Waals surface area (Å²) in [6.07, 6.45) is 1.06. The zero-order valence-corrected chi connectivity index (χ0v) is 11.7. The van der Waals surface area contributed by atoms with Crippen LogP contribution in [0.15, 0.2) is 6.07 Å². The van der Waals surface area contributed by atoms with Crippen molar-refractivity contribution in [2.45, 2.75) is 46.7 Å². The fourth-order valence-corrected chi connectivity index (χ4v) is 2.57. The van der Waals surface area contributed by atoms with Crippen LogP contribution in [0.3, 0.4) is 0 Å². The number of thiophene rings is 1. The van der Waals surface area contributed by atoms with Gasteiger partial charge in [-0.25, -0.2) is 0 Å². The molecule has 0 aliphatic heterocycles. The summed E-state index contributed by atoms with van der Waals surface area (Å²) in [6.45, 7) is 10.7. The fourth-order valence-electron chi connectivity index (χ4n) is 1.55. The summed E-state index contributed by atoms with van der Waals surface area (Å²) in [7, 11) is 0. The molecule has 0 saturated heterocycles. The number of rotatable bonds is 6. The Labute approximate surface area is 103 Å². The van der Waals surface area contributed by atoms with Gasteiger partial charge in [0.25, 0.3) is 0 Å². The van der Waals surface area contributed by atoms with E-state index in [0.717, 1.165) is 19.5 Å². The number of hydrogen-bond donors (Lipinski definition) is 2. The second-order valence-corrected chi connectivity index (χ2v) is 6.17. The molecular formula is C13H24N2S. The quantitative estimate of drug-likeness (QED) is 0.750. The molecule has 0 fully saturated rings. The Bertz CT molecular complexity index is 298. The van der Waals surface area contributed by atoms with E-state index < -0.39 is 0 Å². The van der Waals surface area contributed by atoms with E-state index in [-0.39, 0.29) is 0 Å². The van der Waals surface area contributed by atoms with Crippen LogP contribution in [-0.4, -0.2) is 12.6 Å². The molecule has 3 heteroatoms. The molecule has 3 N–H and O–H groups in total. The molecule has 0 aromatic carbocycles. The van der Waals surface area contributed by atoms with Crippen molar-refractivity contribution in [3.05, 3.63) is 21.4 Å². The molecule has 0 aliphatic rings. The summed E-state index contributed by atoms with van der Waals surface area (Å²) < 4.78 is 0. The SMILES string of the molecule is Cc1cc(CNCCC(N)C(C)C)sc1C. The first-order chi connectivity index (χ1) is 7.50. The van der Waals surface area contributed by atoms with Crippen molar-refractivity contribution in [1.29, 1.82) is 0 Å². The molecule has 1 heterocycles. The lowest BCUT2D eigenvalue weighted by atomic mass is 10.0. The lowest BCUT2D eigenvalue weighted by Gasteiger charge is -2.15. The van der Waals surface area contributed by atoms with Gasteiger partial charge in [-0.15, -0.1) is 11.3 Å². The summed E-state index contributed by atoms with van der Waals surface area (Å²) in [5.74, 6) is 0.577. The van der Waals surface area contributed by atoms with Gasteiger partial charge in [-0.3, -0.25) is 0 Å². The van der Waals surface area contributed by atoms with Crippen molar-refractivity contribution in [1.82, 2.24) is 5.32 Å². The molecule has 1 aromatic rings. The van der Waals surface area contributed by atoms with Crippen LogP contribution in [0.2, 0.25) is 0 Å². The molecule has 92 valence electrons. The maximum absolute atomic E-state index is 5.99. The van der Waals surface area contributed by atoms with E-state index in [0.29, 0.717) is 12.0 Å². The van der Waals surface area contributed by atoms with Gasteiger partial charge in [0, 0.05) is 22.3 Å². The second-order valence-electron chi connectivity index (χ2n) is 4.83. The van der Waals surface area contributed by atoms with Gasteiger partial charge in [0.05, 0.1) is 0 Å². The van der Waals surface area contributed by atoms with Crippen LogP contribution in [0.4, 0.5) is 0 Å². The van der Waals surface area contributed by atoms with Crippen LogP contribution in [-0.2, 0) is 6.54 Å². The highest BCUT2D eigenvalue weighted by Gasteiger charge is 2.06. The first-order valence-electron chi connectivity index (χ1n) is 6.03. The van der Waals surface area contributed by atoms with Gasteiger partial charge in [-0.2, -0.15) is 0 Å². The number of hydrogen-bond acceptors (Lipinski definition) is 3. The average Bonchev–Trinajstić information content (AvgIpc) is 2.53. The van der Waals surface area contributed by atoms with Crippen molar-refractivity contribution in [3.8, 4) is 0 Å². The van der Waals surface area contributed by atoms with E-state index in [1.165, 1.54) is 15.3 Å². The van der Waals surface area contributed by atoms with Crippen molar-refractivity contribution in [2.24, 2.45) is 11.7 Å². The molecule has 0 spiro atoms. The van der Waals surface area contributed by atoms with E-state index in [9.17, 15) is 0 Å². The highest BCUT2D eigenvalue weighted by molar-refractivity contribution is 7.12. The largest absolute Gasteiger partial charge is 0.327 e. The smallest absolute Gasteiger partial charge is 0.0299 e. The topological polar surface area (TPSA) is 38.0 Å². The predicted molar refractivity (Wildman–Crippen MR) is 72.9 cm³/mol. The van der Waals surface area contributed by atoms with Crippen molar-refractivity contribution >= 4 is 11.3 Å². The Morgan fingerprint density at radius 3 is 2.56 bits per heavy atom. The molecule has 16 heavy (non-hydrogen) atoms. The Balaban J connectivity index is 2.21. The third kappa shape index (κ3) is 4.24. The van der Waals surface area contributed by atoms with E-state index in [2.05, 4.69) is 39.1 Å². The highest BCUT2D eigenvalue weighted by atomic mass is 32.1. The zero-order chi connectivity index (χ0) is 12.1. The number of nitrogens with two attached hydrogens (primary N) is 1.